The van der Waals surface area contributed by atoms with Gasteiger partial charge in [0.05, 0.1) is 12.8 Å². The van der Waals surface area contributed by atoms with Crippen LogP contribution < -0.4 is 5.32 Å². The number of carbonyl (C=O) groups excluding carboxylic acids is 1. The van der Waals surface area contributed by atoms with Crippen molar-refractivity contribution in [3.63, 3.8) is 0 Å². The number of hydrogen-bond acceptors (Lipinski definition) is 4. The highest BCUT2D eigenvalue weighted by Gasteiger charge is 2.23. The van der Waals surface area contributed by atoms with E-state index in [1.165, 1.54) is 0 Å². The first-order chi connectivity index (χ1) is 9.70. The monoisotopic (exact) mass is 296 g/mol. The van der Waals surface area contributed by atoms with Gasteiger partial charge in [-0.15, -0.1) is 0 Å². The highest BCUT2D eigenvalue weighted by Crippen LogP contribution is 2.12. The molecule has 1 rings (SSSR count). The summed E-state index contributed by atoms with van der Waals surface area (Å²) in [5, 5.41) is 3.29. The molecule has 1 aromatic rings. The van der Waals surface area contributed by atoms with Crippen LogP contribution in [0.25, 0.3) is 0 Å². The molecule has 0 saturated heterocycles. The summed E-state index contributed by atoms with van der Waals surface area (Å²) in [5.74, 6) is 0.934. The molecule has 1 amide bonds. The lowest BCUT2D eigenvalue weighted by Crippen LogP contribution is -2.44. The van der Waals surface area contributed by atoms with E-state index < -0.39 is 5.60 Å². The normalized spacial score (nSPS) is 11.8. The van der Waals surface area contributed by atoms with Gasteiger partial charge in [-0.2, -0.15) is 0 Å². The van der Waals surface area contributed by atoms with Crippen LogP contribution in [0.2, 0.25) is 0 Å². The van der Waals surface area contributed by atoms with Crippen LogP contribution in [0.15, 0.2) is 16.7 Å². The van der Waals surface area contributed by atoms with Crippen molar-refractivity contribution < 1.29 is 13.9 Å². The van der Waals surface area contributed by atoms with Gasteiger partial charge in [0, 0.05) is 19.1 Å². The molecule has 0 bridgehead atoms. The molecule has 0 atom stereocenters. The number of rotatable bonds is 6. The molecular weight excluding hydrogens is 268 g/mol. The summed E-state index contributed by atoms with van der Waals surface area (Å²) in [4.78, 5) is 13.9. The lowest BCUT2D eigenvalue weighted by atomic mass is 10.2. The second kappa shape index (κ2) is 7.50. The Morgan fingerprint density at radius 1 is 1.43 bits per heavy atom. The molecule has 21 heavy (non-hydrogen) atoms. The van der Waals surface area contributed by atoms with Gasteiger partial charge in [-0.05, 0) is 53.2 Å². The number of ether oxygens (including phenoxy) is 1. The standard InChI is InChI=1S/C16H28N2O3/c1-12(2)18(15(19)21-16(4,5)6)9-8-17-11-14-13(3)7-10-20-14/h7,10,12,17H,8-9,11H2,1-6H3. The Hall–Kier alpha value is -1.49. The van der Waals surface area contributed by atoms with Gasteiger partial charge >= 0.3 is 6.09 Å². The average molecular weight is 296 g/mol. The minimum absolute atomic E-state index is 0.104. The number of nitrogens with one attached hydrogen (secondary N) is 1. The second-order valence-electron chi connectivity index (χ2n) is 6.47. The molecule has 1 aromatic heterocycles. The third-order valence-corrected chi connectivity index (χ3v) is 3.03. The predicted molar refractivity (Wildman–Crippen MR) is 83.2 cm³/mol. The van der Waals surface area contributed by atoms with Gasteiger partial charge in [-0.3, -0.25) is 0 Å². The first kappa shape index (κ1) is 17.6. The molecule has 0 radical (unpaired) electrons. The first-order valence-corrected chi connectivity index (χ1v) is 7.44. The van der Waals surface area contributed by atoms with Crippen molar-refractivity contribution in [2.45, 2.75) is 59.7 Å². The smallest absolute Gasteiger partial charge is 0.410 e. The van der Waals surface area contributed by atoms with Crippen molar-refractivity contribution in [3.8, 4) is 0 Å². The molecule has 1 heterocycles. The molecule has 0 aliphatic carbocycles. The number of aryl methyl sites for hydroxylation is 1. The summed E-state index contributed by atoms with van der Waals surface area (Å²) in [6, 6.07) is 2.05. The fraction of sp³-hybridized carbons (Fsp3) is 0.688. The van der Waals surface area contributed by atoms with E-state index in [1.807, 2.05) is 47.6 Å². The molecule has 0 spiro atoms. The Bertz CT molecular complexity index is 447. The fourth-order valence-corrected chi connectivity index (χ4v) is 1.87. The SMILES string of the molecule is Cc1ccoc1CNCCN(C(=O)OC(C)(C)C)C(C)C. The van der Waals surface area contributed by atoms with Crippen molar-refractivity contribution >= 4 is 6.09 Å². The molecule has 0 aromatic carbocycles. The molecule has 120 valence electrons. The van der Waals surface area contributed by atoms with Crippen molar-refractivity contribution in [1.82, 2.24) is 10.2 Å². The Labute approximate surface area is 127 Å². The summed E-state index contributed by atoms with van der Waals surface area (Å²) in [6.45, 7) is 13.6. The van der Waals surface area contributed by atoms with Gasteiger partial charge < -0.3 is 19.4 Å². The van der Waals surface area contributed by atoms with Gasteiger partial charge in [-0.25, -0.2) is 4.79 Å². The number of amides is 1. The molecule has 0 aliphatic heterocycles. The molecule has 0 saturated carbocycles. The van der Waals surface area contributed by atoms with Gasteiger partial charge in [0.1, 0.15) is 11.4 Å². The maximum atomic E-state index is 12.1. The molecule has 0 unspecified atom stereocenters. The number of hydrogen-bond donors (Lipinski definition) is 1. The Kier molecular flexibility index (Phi) is 6.27. The third kappa shape index (κ3) is 6.21. The van der Waals surface area contributed by atoms with E-state index in [0.717, 1.165) is 11.3 Å². The average Bonchev–Trinajstić information content (AvgIpc) is 2.71. The number of furan rings is 1. The minimum atomic E-state index is -0.469. The Morgan fingerprint density at radius 3 is 2.57 bits per heavy atom. The van der Waals surface area contributed by atoms with Crippen LogP contribution in [0.1, 0.15) is 45.9 Å². The van der Waals surface area contributed by atoms with Crippen LogP contribution in [-0.4, -0.2) is 35.7 Å². The summed E-state index contributed by atoms with van der Waals surface area (Å²) >= 11 is 0. The van der Waals surface area contributed by atoms with Crippen LogP contribution in [0, 0.1) is 6.92 Å². The molecule has 1 N–H and O–H groups in total. The zero-order valence-corrected chi connectivity index (χ0v) is 14.0. The van der Waals surface area contributed by atoms with E-state index in [4.69, 9.17) is 9.15 Å². The van der Waals surface area contributed by atoms with E-state index in [0.29, 0.717) is 19.6 Å². The third-order valence-electron chi connectivity index (χ3n) is 3.03. The maximum absolute atomic E-state index is 12.1. The Balaban J connectivity index is 2.41. The fourth-order valence-electron chi connectivity index (χ4n) is 1.87. The van der Waals surface area contributed by atoms with Gasteiger partial charge in [0.2, 0.25) is 0 Å². The van der Waals surface area contributed by atoms with Crippen LogP contribution in [0.5, 0.6) is 0 Å². The summed E-state index contributed by atoms with van der Waals surface area (Å²) in [6.07, 6.45) is 1.42. The molecule has 0 fully saturated rings. The number of nitrogens with zero attached hydrogens (tertiary/aromatic N) is 1. The molecule has 5 heteroatoms. The Morgan fingerprint density at radius 2 is 2.10 bits per heavy atom. The van der Waals surface area contributed by atoms with E-state index in [1.54, 1.807) is 11.2 Å². The van der Waals surface area contributed by atoms with Crippen LogP contribution >= 0.6 is 0 Å². The van der Waals surface area contributed by atoms with Crippen molar-refractivity contribution in [2.24, 2.45) is 0 Å². The molecule has 0 aliphatic rings. The van der Waals surface area contributed by atoms with Gasteiger partial charge in [0.25, 0.3) is 0 Å². The lowest BCUT2D eigenvalue weighted by Gasteiger charge is -2.30. The van der Waals surface area contributed by atoms with Crippen LogP contribution in [0.4, 0.5) is 4.79 Å². The van der Waals surface area contributed by atoms with E-state index in [2.05, 4.69) is 5.32 Å². The van der Waals surface area contributed by atoms with E-state index in [9.17, 15) is 4.79 Å². The largest absolute Gasteiger partial charge is 0.468 e. The van der Waals surface area contributed by atoms with Crippen molar-refractivity contribution in [1.29, 1.82) is 0 Å². The summed E-state index contributed by atoms with van der Waals surface area (Å²) in [5.41, 5.74) is 0.665. The topological polar surface area (TPSA) is 54.7 Å². The maximum Gasteiger partial charge on any atom is 0.410 e. The van der Waals surface area contributed by atoms with E-state index >= 15 is 0 Å². The quantitative estimate of drug-likeness (QED) is 0.818. The predicted octanol–water partition coefficient (Wildman–Crippen LogP) is 3.32. The van der Waals surface area contributed by atoms with Gasteiger partial charge in [-0.1, -0.05) is 0 Å². The van der Waals surface area contributed by atoms with Crippen LogP contribution in [-0.2, 0) is 11.3 Å². The zero-order chi connectivity index (χ0) is 16.0. The summed E-state index contributed by atoms with van der Waals surface area (Å²) < 4.78 is 10.8. The first-order valence-electron chi connectivity index (χ1n) is 7.44. The lowest BCUT2D eigenvalue weighted by molar-refractivity contribution is 0.0193. The van der Waals surface area contributed by atoms with Gasteiger partial charge in [0.15, 0.2) is 0 Å². The second-order valence-corrected chi connectivity index (χ2v) is 6.47. The minimum Gasteiger partial charge on any atom is -0.468 e. The van der Waals surface area contributed by atoms with Crippen LogP contribution in [0.3, 0.4) is 0 Å². The van der Waals surface area contributed by atoms with Crippen molar-refractivity contribution in [3.05, 3.63) is 23.7 Å². The summed E-state index contributed by atoms with van der Waals surface area (Å²) in [7, 11) is 0. The number of carbonyl (C=O) groups is 1. The highest BCUT2D eigenvalue weighted by atomic mass is 16.6. The highest BCUT2D eigenvalue weighted by molar-refractivity contribution is 5.68. The molecule has 5 nitrogen and oxygen atoms in total. The van der Waals surface area contributed by atoms with Crippen molar-refractivity contribution in [2.75, 3.05) is 13.1 Å². The molecular formula is C16H28N2O3. The zero-order valence-electron chi connectivity index (χ0n) is 14.0. The van der Waals surface area contributed by atoms with E-state index in [-0.39, 0.29) is 12.1 Å².